The lowest BCUT2D eigenvalue weighted by molar-refractivity contribution is 0.0594. The number of ether oxygens (including phenoxy) is 1. The Hall–Kier alpha value is -1.07. The molecular weight excluding hydrogens is 232 g/mol. The molecule has 0 saturated carbocycles. The average Bonchev–Trinajstić information content (AvgIpc) is 2.78. The Morgan fingerprint density at radius 2 is 2.44 bits per heavy atom. The monoisotopic (exact) mass is 246 g/mol. The third-order valence-corrected chi connectivity index (χ3v) is 2.52. The molecule has 1 fully saturated rings. The van der Waals surface area contributed by atoms with E-state index in [1.165, 1.54) is 19.8 Å². The minimum Gasteiger partial charge on any atom is -0.464 e. The molecular formula is C10H15ClN2O3. The highest BCUT2D eigenvalue weighted by Crippen LogP contribution is 2.22. The molecule has 1 aliphatic rings. The van der Waals surface area contributed by atoms with Crippen molar-refractivity contribution in [2.75, 3.05) is 13.7 Å². The van der Waals surface area contributed by atoms with Crippen LogP contribution < -0.4 is 5.32 Å². The Morgan fingerprint density at radius 3 is 3.06 bits per heavy atom. The van der Waals surface area contributed by atoms with Crippen LogP contribution in [-0.2, 0) is 4.74 Å². The highest BCUT2D eigenvalue weighted by Gasteiger charge is 2.21. The Balaban J connectivity index is 0.00000128. The average molecular weight is 247 g/mol. The number of nitrogens with zero attached hydrogens (tertiary/aromatic N) is 1. The van der Waals surface area contributed by atoms with Crippen LogP contribution >= 0.6 is 12.4 Å². The number of hydrogen-bond donors (Lipinski definition) is 1. The molecule has 1 atom stereocenters. The fourth-order valence-corrected chi connectivity index (χ4v) is 1.71. The van der Waals surface area contributed by atoms with Crippen molar-refractivity contribution in [3.8, 4) is 0 Å². The summed E-state index contributed by atoms with van der Waals surface area (Å²) in [5.74, 6) is 0.121. The molecule has 1 aliphatic heterocycles. The molecule has 1 saturated heterocycles. The van der Waals surface area contributed by atoms with Crippen molar-refractivity contribution in [2.24, 2.45) is 0 Å². The molecule has 1 unspecified atom stereocenters. The number of piperidine rings is 1. The molecule has 90 valence electrons. The second kappa shape index (κ2) is 5.86. The zero-order chi connectivity index (χ0) is 10.7. The summed E-state index contributed by atoms with van der Waals surface area (Å²) in [5, 5.41) is 3.30. The molecule has 0 bridgehead atoms. The predicted octanol–water partition coefficient (Wildman–Crippen LogP) is 1.70. The van der Waals surface area contributed by atoms with Gasteiger partial charge in [-0.3, -0.25) is 0 Å². The molecule has 0 spiro atoms. The normalized spacial score (nSPS) is 19.9. The van der Waals surface area contributed by atoms with Gasteiger partial charge in [0.25, 0.3) is 0 Å². The van der Waals surface area contributed by atoms with Crippen molar-refractivity contribution in [3.05, 3.63) is 17.8 Å². The number of hydrogen-bond acceptors (Lipinski definition) is 5. The zero-order valence-electron chi connectivity index (χ0n) is 9.06. The quantitative estimate of drug-likeness (QED) is 0.805. The van der Waals surface area contributed by atoms with Crippen molar-refractivity contribution < 1.29 is 13.9 Å². The van der Waals surface area contributed by atoms with Gasteiger partial charge in [-0.15, -0.1) is 12.4 Å². The number of nitrogens with one attached hydrogen (secondary N) is 1. The maximum Gasteiger partial charge on any atom is 0.360 e. The number of carbonyl (C=O) groups excluding carboxylic acids is 1. The summed E-state index contributed by atoms with van der Waals surface area (Å²) in [6.07, 6.45) is 4.69. The molecule has 0 radical (unpaired) electrons. The summed E-state index contributed by atoms with van der Waals surface area (Å²) in [6.45, 7) is 0.973. The number of esters is 1. The first kappa shape index (κ1) is 13.0. The highest BCUT2D eigenvalue weighted by atomic mass is 35.5. The van der Waals surface area contributed by atoms with Gasteiger partial charge in [-0.25, -0.2) is 9.78 Å². The van der Waals surface area contributed by atoms with E-state index in [4.69, 9.17) is 4.42 Å². The van der Waals surface area contributed by atoms with E-state index < -0.39 is 5.97 Å². The highest BCUT2D eigenvalue weighted by molar-refractivity contribution is 5.86. The van der Waals surface area contributed by atoms with Gasteiger partial charge in [-0.2, -0.15) is 0 Å². The Morgan fingerprint density at radius 1 is 1.62 bits per heavy atom. The largest absolute Gasteiger partial charge is 0.464 e. The molecule has 6 heteroatoms. The molecule has 0 aliphatic carbocycles. The van der Waals surface area contributed by atoms with Gasteiger partial charge in [0.05, 0.1) is 13.2 Å². The standard InChI is InChI=1S/C10H14N2O3.ClH/c1-14-10(13)8-6-15-9(12-8)7-4-2-3-5-11-7;/h6-7,11H,2-5H2,1H3;1H. The van der Waals surface area contributed by atoms with Crippen LogP contribution in [0.2, 0.25) is 0 Å². The lowest BCUT2D eigenvalue weighted by atomic mass is 10.1. The summed E-state index contributed by atoms with van der Waals surface area (Å²) in [7, 11) is 1.33. The Kier molecular flexibility index (Phi) is 4.76. The summed E-state index contributed by atoms with van der Waals surface area (Å²) in [4.78, 5) is 15.2. The summed E-state index contributed by atoms with van der Waals surface area (Å²) in [6, 6.07) is 0.136. The predicted molar refractivity (Wildman–Crippen MR) is 59.7 cm³/mol. The molecule has 5 nitrogen and oxygen atoms in total. The Bertz CT molecular complexity index is 348. The van der Waals surface area contributed by atoms with Gasteiger partial charge in [-0.05, 0) is 19.4 Å². The van der Waals surface area contributed by atoms with Crippen LogP contribution in [0.5, 0.6) is 0 Å². The summed E-state index contributed by atoms with van der Waals surface area (Å²) >= 11 is 0. The van der Waals surface area contributed by atoms with E-state index in [0.717, 1.165) is 19.4 Å². The van der Waals surface area contributed by atoms with Gasteiger partial charge in [-0.1, -0.05) is 6.42 Å². The van der Waals surface area contributed by atoms with Crippen LogP contribution in [-0.4, -0.2) is 24.6 Å². The van der Waals surface area contributed by atoms with E-state index >= 15 is 0 Å². The lowest BCUT2D eigenvalue weighted by Gasteiger charge is -2.19. The number of carbonyl (C=O) groups is 1. The molecule has 2 rings (SSSR count). The number of rotatable bonds is 2. The number of aromatic nitrogens is 1. The van der Waals surface area contributed by atoms with Crippen LogP contribution in [0.1, 0.15) is 41.7 Å². The van der Waals surface area contributed by atoms with Crippen molar-refractivity contribution in [2.45, 2.75) is 25.3 Å². The second-order valence-electron chi connectivity index (χ2n) is 3.57. The summed E-state index contributed by atoms with van der Waals surface area (Å²) in [5.41, 5.74) is 0.236. The third kappa shape index (κ3) is 2.74. The molecule has 1 aromatic rings. The molecule has 0 amide bonds. The van der Waals surface area contributed by atoms with E-state index in [-0.39, 0.29) is 24.1 Å². The van der Waals surface area contributed by atoms with Crippen molar-refractivity contribution >= 4 is 18.4 Å². The van der Waals surface area contributed by atoms with Gasteiger partial charge >= 0.3 is 5.97 Å². The lowest BCUT2D eigenvalue weighted by Crippen LogP contribution is -2.27. The third-order valence-electron chi connectivity index (χ3n) is 2.52. The molecule has 1 aromatic heterocycles. The fraction of sp³-hybridized carbons (Fsp3) is 0.600. The van der Waals surface area contributed by atoms with Crippen LogP contribution in [0, 0.1) is 0 Å². The number of halogens is 1. The topological polar surface area (TPSA) is 64.4 Å². The summed E-state index contributed by atoms with van der Waals surface area (Å²) < 4.78 is 9.81. The van der Waals surface area contributed by atoms with Gasteiger partial charge in [0.15, 0.2) is 5.69 Å². The molecule has 2 heterocycles. The number of oxazole rings is 1. The molecule has 16 heavy (non-hydrogen) atoms. The van der Waals surface area contributed by atoms with Gasteiger partial charge in [0, 0.05) is 0 Å². The number of methoxy groups -OCH3 is 1. The van der Waals surface area contributed by atoms with Crippen LogP contribution in [0.3, 0.4) is 0 Å². The smallest absolute Gasteiger partial charge is 0.360 e. The van der Waals surface area contributed by atoms with Gasteiger partial charge in [0.1, 0.15) is 6.26 Å². The van der Waals surface area contributed by atoms with Crippen LogP contribution in [0.25, 0.3) is 0 Å². The van der Waals surface area contributed by atoms with Crippen LogP contribution in [0.15, 0.2) is 10.7 Å². The zero-order valence-corrected chi connectivity index (χ0v) is 9.88. The first-order chi connectivity index (χ1) is 7.31. The van der Waals surface area contributed by atoms with E-state index in [2.05, 4.69) is 15.0 Å². The fourth-order valence-electron chi connectivity index (χ4n) is 1.71. The van der Waals surface area contributed by atoms with E-state index in [0.29, 0.717) is 5.89 Å². The maximum absolute atomic E-state index is 11.1. The van der Waals surface area contributed by atoms with Gasteiger partial charge in [0.2, 0.25) is 5.89 Å². The van der Waals surface area contributed by atoms with Crippen molar-refractivity contribution in [1.82, 2.24) is 10.3 Å². The minimum absolute atomic E-state index is 0. The maximum atomic E-state index is 11.1. The van der Waals surface area contributed by atoms with Crippen LogP contribution in [0.4, 0.5) is 0 Å². The molecule has 0 aromatic carbocycles. The van der Waals surface area contributed by atoms with Gasteiger partial charge < -0.3 is 14.5 Å². The second-order valence-corrected chi connectivity index (χ2v) is 3.57. The first-order valence-corrected chi connectivity index (χ1v) is 5.08. The van der Waals surface area contributed by atoms with E-state index in [1.54, 1.807) is 0 Å². The van der Waals surface area contributed by atoms with E-state index in [9.17, 15) is 4.79 Å². The van der Waals surface area contributed by atoms with Crippen molar-refractivity contribution in [3.63, 3.8) is 0 Å². The SMILES string of the molecule is COC(=O)c1coc(C2CCCCN2)n1.Cl. The Labute approximate surface area is 100.0 Å². The first-order valence-electron chi connectivity index (χ1n) is 5.08. The van der Waals surface area contributed by atoms with Crippen molar-refractivity contribution in [1.29, 1.82) is 0 Å². The molecule has 1 N–H and O–H groups in total. The minimum atomic E-state index is -0.458. The van der Waals surface area contributed by atoms with E-state index in [1.807, 2.05) is 0 Å².